The first kappa shape index (κ1) is 22.7. The number of hydrogen-bond donors (Lipinski definition) is 1. The zero-order valence-corrected chi connectivity index (χ0v) is 18.9. The fourth-order valence-electron chi connectivity index (χ4n) is 3.88. The van der Waals surface area contributed by atoms with Crippen LogP contribution < -0.4 is 4.74 Å². The zero-order valence-electron chi connectivity index (χ0n) is 18.1. The van der Waals surface area contributed by atoms with Crippen LogP contribution in [0.15, 0.2) is 53.4 Å². The highest BCUT2D eigenvalue weighted by molar-refractivity contribution is 7.98. The zero-order chi connectivity index (χ0) is 21.5. The summed E-state index contributed by atoms with van der Waals surface area (Å²) in [5.74, 6) is 0.540. The lowest BCUT2D eigenvalue weighted by atomic mass is 10.0. The summed E-state index contributed by atoms with van der Waals surface area (Å²) < 4.78 is 5.79. The molecule has 5 nitrogen and oxygen atoms in total. The molecule has 2 aromatic rings. The fraction of sp³-hybridized carbons (Fsp3) is 0.458. The molecule has 30 heavy (non-hydrogen) atoms. The lowest BCUT2D eigenvalue weighted by Crippen LogP contribution is -2.45. The van der Waals surface area contributed by atoms with Crippen molar-refractivity contribution in [2.45, 2.75) is 36.9 Å². The molecule has 0 saturated carbocycles. The minimum absolute atomic E-state index is 0.133. The largest absolute Gasteiger partial charge is 0.481 e. The highest BCUT2D eigenvalue weighted by atomic mass is 32.2. The van der Waals surface area contributed by atoms with Crippen molar-refractivity contribution >= 4 is 17.7 Å². The van der Waals surface area contributed by atoms with Gasteiger partial charge in [0.25, 0.3) is 5.91 Å². The number of amides is 1. The summed E-state index contributed by atoms with van der Waals surface area (Å²) in [5.41, 5.74) is 2.80. The monoisotopic (exact) mass is 428 g/mol. The molecule has 2 aromatic carbocycles. The minimum Gasteiger partial charge on any atom is -0.481 e. The Hall–Kier alpha value is -2.02. The van der Waals surface area contributed by atoms with E-state index in [0.29, 0.717) is 18.8 Å². The summed E-state index contributed by atoms with van der Waals surface area (Å²) in [6.07, 6.45) is 2.82. The molecule has 1 amide bonds. The number of β-amino-alcohol motifs (C(OH)–C–C–N with tert-alkyl or cyclic N) is 1. The van der Waals surface area contributed by atoms with Gasteiger partial charge < -0.3 is 19.6 Å². The Bertz CT molecular complexity index is 800. The number of rotatable bonds is 8. The van der Waals surface area contributed by atoms with Crippen molar-refractivity contribution in [3.63, 3.8) is 0 Å². The van der Waals surface area contributed by atoms with Crippen molar-refractivity contribution in [1.29, 1.82) is 0 Å². The molecule has 0 radical (unpaired) electrons. The molecule has 162 valence electrons. The molecular formula is C24H32N2O3S. The minimum atomic E-state index is -0.602. The smallest absolute Gasteiger partial charge is 0.263 e. The molecule has 3 rings (SSSR count). The molecular weight excluding hydrogens is 396 g/mol. The number of aliphatic hydroxyl groups excluding tert-OH is 1. The molecule has 0 spiro atoms. The van der Waals surface area contributed by atoms with E-state index in [4.69, 9.17) is 4.74 Å². The number of benzene rings is 2. The van der Waals surface area contributed by atoms with Gasteiger partial charge in [0.2, 0.25) is 0 Å². The quantitative estimate of drug-likeness (QED) is 0.655. The van der Waals surface area contributed by atoms with Gasteiger partial charge in [0, 0.05) is 38.1 Å². The van der Waals surface area contributed by atoms with Crippen molar-refractivity contribution in [1.82, 2.24) is 9.80 Å². The van der Waals surface area contributed by atoms with E-state index in [1.165, 1.54) is 11.1 Å². The molecule has 1 aliphatic heterocycles. The number of carbonyl (C=O) groups excluding carboxylic acids is 1. The van der Waals surface area contributed by atoms with Gasteiger partial charge in [-0.15, -0.1) is 11.8 Å². The third-order valence-electron chi connectivity index (χ3n) is 5.56. The Labute approximate surface area is 184 Å². The molecule has 0 aliphatic carbocycles. The Morgan fingerprint density at radius 2 is 1.73 bits per heavy atom. The maximum absolute atomic E-state index is 12.7. The van der Waals surface area contributed by atoms with Gasteiger partial charge in [-0.3, -0.25) is 4.79 Å². The first-order valence-electron chi connectivity index (χ1n) is 10.5. The van der Waals surface area contributed by atoms with Gasteiger partial charge in [0.1, 0.15) is 5.75 Å². The number of thioether (sulfide) groups is 1. The number of carbonyl (C=O) groups is 1. The van der Waals surface area contributed by atoms with Crippen molar-refractivity contribution in [2.75, 3.05) is 39.5 Å². The summed E-state index contributed by atoms with van der Waals surface area (Å²) >= 11 is 1.66. The van der Waals surface area contributed by atoms with Crippen LogP contribution in [0.1, 0.15) is 18.1 Å². The predicted molar refractivity (Wildman–Crippen MR) is 122 cm³/mol. The second-order valence-electron chi connectivity index (χ2n) is 7.88. The number of ether oxygens (including phenoxy) is 1. The summed E-state index contributed by atoms with van der Waals surface area (Å²) in [7, 11) is 1.72. The highest BCUT2D eigenvalue weighted by Gasteiger charge is 2.23. The third kappa shape index (κ3) is 6.24. The average molecular weight is 429 g/mol. The molecule has 1 heterocycles. The third-order valence-corrected chi connectivity index (χ3v) is 6.31. The van der Waals surface area contributed by atoms with Crippen molar-refractivity contribution in [3.05, 3.63) is 59.7 Å². The van der Waals surface area contributed by atoms with Crippen LogP contribution in [0, 0.1) is 0 Å². The molecule has 0 aromatic heterocycles. The Balaban J connectivity index is 1.46. The Morgan fingerprint density at radius 1 is 1.13 bits per heavy atom. The first-order valence-corrected chi connectivity index (χ1v) is 11.7. The standard InChI is InChI=1S/C24H32N2O3S/c1-18(29-22-8-10-23(30-3)11-9-22)24(28)25(2)16-21(27)17-26-14-12-19-6-4-5-7-20(19)13-15-26/h4-11,18,21,27H,12-17H2,1-3H3/t18-,21+/m0/s1. The Morgan fingerprint density at radius 3 is 2.30 bits per heavy atom. The topological polar surface area (TPSA) is 53.0 Å². The van der Waals surface area contributed by atoms with Gasteiger partial charge >= 0.3 is 0 Å². The van der Waals surface area contributed by atoms with E-state index in [9.17, 15) is 9.90 Å². The van der Waals surface area contributed by atoms with E-state index in [-0.39, 0.29) is 5.91 Å². The van der Waals surface area contributed by atoms with Gasteiger partial charge in [0.05, 0.1) is 6.10 Å². The van der Waals surface area contributed by atoms with Gasteiger partial charge in [-0.05, 0) is 61.4 Å². The van der Waals surface area contributed by atoms with Crippen LogP contribution in [0.4, 0.5) is 0 Å². The molecule has 0 unspecified atom stereocenters. The van der Waals surface area contributed by atoms with E-state index in [0.717, 1.165) is 30.8 Å². The Kier molecular flexibility index (Phi) is 8.19. The number of aliphatic hydroxyl groups is 1. The second-order valence-corrected chi connectivity index (χ2v) is 8.76. The van der Waals surface area contributed by atoms with Crippen LogP contribution >= 0.6 is 11.8 Å². The molecule has 0 saturated heterocycles. The van der Waals surface area contributed by atoms with E-state index in [1.54, 1.807) is 30.6 Å². The maximum atomic E-state index is 12.7. The highest BCUT2D eigenvalue weighted by Crippen LogP contribution is 2.20. The molecule has 0 fully saturated rings. The number of nitrogens with zero attached hydrogens (tertiary/aromatic N) is 2. The molecule has 2 atom stereocenters. The average Bonchev–Trinajstić information content (AvgIpc) is 2.96. The van der Waals surface area contributed by atoms with Crippen LogP contribution in [0.25, 0.3) is 0 Å². The van der Waals surface area contributed by atoms with Gasteiger partial charge in [-0.1, -0.05) is 24.3 Å². The van der Waals surface area contributed by atoms with E-state index >= 15 is 0 Å². The van der Waals surface area contributed by atoms with Gasteiger partial charge in [0.15, 0.2) is 6.10 Å². The normalized spacial score (nSPS) is 16.3. The van der Waals surface area contributed by atoms with E-state index < -0.39 is 12.2 Å². The van der Waals surface area contributed by atoms with Crippen LogP contribution in [0.3, 0.4) is 0 Å². The number of hydrogen-bond acceptors (Lipinski definition) is 5. The maximum Gasteiger partial charge on any atom is 0.263 e. The van der Waals surface area contributed by atoms with E-state index in [2.05, 4.69) is 29.2 Å². The van der Waals surface area contributed by atoms with E-state index in [1.807, 2.05) is 30.5 Å². The molecule has 6 heteroatoms. The lowest BCUT2D eigenvalue weighted by molar-refractivity contribution is -0.138. The summed E-state index contributed by atoms with van der Waals surface area (Å²) in [5, 5.41) is 10.6. The first-order chi connectivity index (χ1) is 14.5. The molecule has 0 bridgehead atoms. The number of likely N-dealkylation sites (N-methyl/N-ethyl adjacent to an activating group) is 1. The predicted octanol–water partition coefficient (Wildman–Crippen LogP) is 3.10. The molecule has 1 aliphatic rings. The summed E-state index contributed by atoms with van der Waals surface area (Å²) in [6, 6.07) is 16.3. The van der Waals surface area contributed by atoms with Crippen molar-refractivity contribution in [2.24, 2.45) is 0 Å². The van der Waals surface area contributed by atoms with Crippen LogP contribution in [0.2, 0.25) is 0 Å². The van der Waals surface area contributed by atoms with Gasteiger partial charge in [-0.2, -0.15) is 0 Å². The summed E-state index contributed by atoms with van der Waals surface area (Å²) in [4.78, 5) is 17.7. The second kappa shape index (κ2) is 10.8. The fourth-order valence-corrected chi connectivity index (χ4v) is 4.29. The van der Waals surface area contributed by atoms with Crippen LogP contribution in [0.5, 0.6) is 5.75 Å². The lowest BCUT2D eigenvalue weighted by Gasteiger charge is -2.28. The van der Waals surface area contributed by atoms with Crippen LogP contribution in [-0.4, -0.2) is 72.5 Å². The number of fused-ring (bicyclic) bond motifs is 1. The molecule has 1 N–H and O–H groups in total. The summed E-state index contributed by atoms with van der Waals surface area (Å²) in [6.45, 7) is 4.46. The van der Waals surface area contributed by atoms with Gasteiger partial charge in [-0.25, -0.2) is 0 Å². The SMILES string of the molecule is CSc1ccc(O[C@@H](C)C(=O)N(C)C[C@@H](O)CN2CCc3ccccc3CC2)cc1. The van der Waals surface area contributed by atoms with Crippen LogP contribution in [-0.2, 0) is 17.6 Å². The van der Waals surface area contributed by atoms with Crippen molar-refractivity contribution in [3.8, 4) is 5.75 Å². The van der Waals surface area contributed by atoms with Crippen molar-refractivity contribution < 1.29 is 14.6 Å².